The molecule has 0 amide bonds. The molecule has 66 heavy (non-hydrogen) atoms. The van der Waals surface area contributed by atoms with E-state index >= 15 is 4.79 Å². The molecular formula is C50H66O16. The van der Waals surface area contributed by atoms with E-state index in [4.69, 9.17) is 43.0 Å². The molecule has 1 spiro atoms. The van der Waals surface area contributed by atoms with Gasteiger partial charge in [-0.05, 0) is 93.2 Å². The highest BCUT2D eigenvalue weighted by Crippen LogP contribution is 2.69. The van der Waals surface area contributed by atoms with Crippen molar-refractivity contribution in [2.45, 2.75) is 141 Å². The topological polar surface area (TPSA) is 226 Å². The van der Waals surface area contributed by atoms with Gasteiger partial charge in [-0.25, -0.2) is 4.79 Å². The number of hydrogen-bond acceptors (Lipinski definition) is 16. The van der Waals surface area contributed by atoms with Crippen molar-refractivity contribution in [1.29, 1.82) is 0 Å². The lowest BCUT2D eigenvalue weighted by atomic mass is 9.51. The van der Waals surface area contributed by atoms with Crippen LogP contribution in [0.15, 0.2) is 52.7 Å². The first-order chi connectivity index (χ1) is 31.3. The summed E-state index contributed by atoms with van der Waals surface area (Å²) in [6.45, 7) is 15.2. The molecule has 5 unspecified atom stereocenters. The number of aliphatic hydroxyl groups is 5. The molecule has 7 aliphatic rings. The third kappa shape index (κ3) is 8.85. The fourth-order valence-corrected chi connectivity index (χ4v) is 10.2. The van der Waals surface area contributed by atoms with E-state index in [1.807, 2.05) is 60.6 Å². The van der Waals surface area contributed by atoms with Crippen LogP contribution in [0, 0.1) is 11.8 Å². The van der Waals surface area contributed by atoms with Gasteiger partial charge in [0, 0.05) is 35.0 Å². The number of fused-ring (bicyclic) bond motifs is 2. The van der Waals surface area contributed by atoms with Gasteiger partial charge >= 0.3 is 5.97 Å². The number of allylic oxidation sites excluding steroid dienone is 5. The van der Waals surface area contributed by atoms with Crippen LogP contribution < -0.4 is 14.2 Å². The van der Waals surface area contributed by atoms with Gasteiger partial charge in [0.25, 0.3) is 0 Å². The molecule has 16 heteroatoms. The number of benzene rings is 1. The Bertz CT molecular complexity index is 2210. The van der Waals surface area contributed by atoms with Gasteiger partial charge in [0.05, 0.1) is 50.8 Å². The Hall–Kier alpha value is -4.23. The van der Waals surface area contributed by atoms with Crippen molar-refractivity contribution in [1.82, 2.24) is 0 Å². The summed E-state index contributed by atoms with van der Waals surface area (Å²) in [5, 5.41) is 51.7. The molecule has 0 aromatic heterocycles. The van der Waals surface area contributed by atoms with Crippen LogP contribution in [0.1, 0.15) is 103 Å². The van der Waals surface area contributed by atoms with Crippen LogP contribution in [0.3, 0.4) is 0 Å². The SMILES string of the molecule is CC(C)=CCCC1(C)C=Cc2c(c(CC=C(C)C)c3c(c2O[C@@H]2O[C@H](CO)[C@@H](O)[C@H](O)[C@H]2O)C(=O)C2=CC4CC5C(C)(C)OC(CC=C(C)C(=O)OCCOCCOCCO)(C4=O)C25O3)O1. The second kappa shape index (κ2) is 19.4. The van der Waals surface area contributed by atoms with Gasteiger partial charge in [-0.15, -0.1) is 0 Å². The molecule has 10 atom stereocenters. The summed E-state index contributed by atoms with van der Waals surface area (Å²) in [6, 6.07) is 0. The van der Waals surface area contributed by atoms with Crippen molar-refractivity contribution in [3.63, 3.8) is 0 Å². The molecule has 3 fully saturated rings. The minimum Gasteiger partial charge on any atom is -0.482 e. The van der Waals surface area contributed by atoms with Gasteiger partial charge in [0.2, 0.25) is 6.29 Å². The van der Waals surface area contributed by atoms with Crippen molar-refractivity contribution in [3.05, 3.63) is 69.4 Å². The predicted molar refractivity (Wildman–Crippen MR) is 239 cm³/mol. The standard InChI is InChI=1S/C50H66O16/c1-27(2)10-9-15-48(8)16-14-32-41(64-48)31(12-11-28(3)4)43-36(42(32)63-46-40(56)39(55)38(54)34(26-52)62-46)37(53)33-24-30-25-35-47(6,7)66-49(44(30)57,50(33,35)65-43)17-13-29(5)45(58)61-23-22-60-21-20-59-19-18-51/h10-11,13-14,16,24,30,34-35,38-40,46,51-52,54-56H,9,12,15,17-23,25-26H2,1-8H3/t30?,34-,35?,38-,39+,40-,46+,48?,49?,50?/m1/s1. The number of aliphatic hydroxyl groups excluding tert-OH is 5. The van der Waals surface area contributed by atoms with Gasteiger partial charge < -0.3 is 63.4 Å². The molecule has 362 valence electrons. The van der Waals surface area contributed by atoms with Gasteiger partial charge in [0.15, 0.2) is 22.8 Å². The Morgan fingerprint density at radius 2 is 1.56 bits per heavy atom. The first-order valence-corrected chi connectivity index (χ1v) is 22.9. The largest absolute Gasteiger partial charge is 0.482 e. The van der Waals surface area contributed by atoms with Gasteiger partial charge in [-0.1, -0.05) is 35.5 Å². The molecule has 1 aromatic rings. The lowest BCUT2D eigenvalue weighted by Gasteiger charge is -2.56. The third-order valence-electron chi connectivity index (χ3n) is 13.6. The van der Waals surface area contributed by atoms with Gasteiger partial charge in [0.1, 0.15) is 59.4 Å². The predicted octanol–water partition coefficient (Wildman–Crippen LogP) is 4.20. The number of ether oxygens (including phenoxy) is 8. The minimum atomic E-state index is -1.81. The smallest absolute Gasteiger partial charge is 0.333 e. The Morgan fingerprint density at radius 1 is 0.864 bits per heavy atom. The molecule has 2 saturated heterocycles. The summed E-state index contributed by atoms with van der Waals surface area (Å²) in [4.78, 5) is 44.0. The number of esters is 1. The van der Waals surface area contributed by atoms with E-state index in [2.05, 4.69) is 6.08 Å². The van der Waals surface area contributed by atoms with Crippen LogP contribution in [-0.4, -0.2) is 142 Å². The quantitative estimate of drug-likeness (QED) is 0.0568. The van der Waals surface area contributed by atoms with E-state index in [1.54, 1.807) is 25.2 Å². The van der Waals surface area contributed by atoms with Crippen molar-refractivity contribution < 1.29 is 77.8 Å². The van der Waals surface area contributed by atoms with E-state index in [9.17, 15) is 30.0 Å². The molecule has 4 aliphatic heterocycles. The van der Waals surface area contributed by atoms with E-state index in [1.165, 1.54) is 0 Å². The molecule has 1 saturated carbocycles. The van der Waals surface area contributed by atoms with Crippen LogP contribution >= 0.6 is 0 Å². The van der Waals surface area contributed by atoms with Gasteiger partial charge in [-0.3, -0.25) is 9.59 Å². The number of ketones is 2. The fourth-order valence-electron chi connectivity index (χ4n) is 10.2. The lowest BCUT2D eigenvalue weighted by Crippen LogP contribution is -2.72. The molecule has 4 bridgehead atoms. The van der Waals surface area contributed by atoms with Crippen molar-refractivity contribution in [2.24, 2.45) is 11.8 Å². The fraction of sp³-hybridized carbons (Fsp3) is 0.620. The molecular weight excluding hydrogens is 857 g/mol. The molecule has 0 radical (unpaired) electrons. The lowest BCUT2D eigenvalue weighted by molar-refractivity contribution is -0.277. The summed E-state index contributed by atoms with van der Waals surface area (Å²) in [5.74, 6) is -2.35. The Kier molecular flexibility index (Phi) is 14.6. The van der Waals surface area contributed by atoms with E-state index in [0.29, 0.717) is 36.1 Å². The normalized spacial score (nSPS) is 32.3. The van der Waals surface area contributed by atoms with E-state index in [0.717, 1.165) is 11.1 Å². The van der Waals surface area contributed by atoms with Crippen molar-refractivity contribution in [3.8, 4) is 17.2 Å². The first kappa shape index (κ1) is 49.7. The van der Waals surface area contributed by atoms with Crippen LogP contribution in [0.4, 0.5) is 0 Å². The number of rotatable bonds is 19. The summed E-state index contributed by atoms with van der Waals surface area (Å²) in [6.07, 6.45) is 4.53. The van der Waals surface area contributed by atoms with Crippen molar-refractivity contribution >= 4 is 23.6 Å². The number of hydrogen-bond donors (Lipinski definition) is 5. The molecule has 3 aliphatic carbocycles. The highest BCUT2D eigenvalue weighted by Gasteiger charge is 2.81. The first-order valence-electron chi connectivity index (χ1n) is 22.9. The van der Waals surface area contributed by atoms with E-state index in [-0.39, 0.29) is 86.5 Å². The highest BCUT2D eigenvalue weighted by atomic mass is 16.7. The zero-order valence-corrected chi connectivity index (χ0v) is 39.2. The Labute approximate surface area is 385 Å². The average Bonchev–Trinajstić information content (AvgIpc) is 3.42. The number of carbonyl (C=O) groups excluding carboxylic acids is 3. The minimum absolute atomic E-state index is 0.0223. The molecule has 8 rings (SSSR count). The number of carbonyl (C=O) groups is 3. The summed E-state index contributed by atoms with van der Waals surface area (Å²) in [5.41, 5.74) is -1.97. The maximum atomic E-state index is 15.8. The average molecular weight is 923 g/mol. The zero-order chi connectivity index (χ0) is 47.9. The Morgan fingerprint density at radius 3 is 2.24 bits per heavy atom. The highest BCUT2D eigenvalue weighted by molar-refractivity contribution is 6.19. The van der Waals surface area contributed by atoms with E-state index < -0.39 is 83.3 Å². The second-order valence-corrected chi connectivity index (χ2v) is 19.3. The van der Waals surface area contributed by atoms with Crippen LogP contribution in [-0.2, 0) is 39.7 Å². The summed E-state index contributed by atoms with van der Waals surface area (Å²) >= 11 is 0. The molecule has 5 N–H and O–H groups in total. The maximum absolute atomic E-state index is 15.8. The Balaban J connectivity index is 1.35. The van der Waals surface area contributed by atoms with Gasteiger partial charge in [-0.2, -0.15) is 0 Å². The zero-order valence-electron chi connectivity index (χ0n) is 39.2. The summed E-state index contributed by atoms with van der Waals surface area (Å²) in [7, 11) is 0. The van der Waals surface area contributed by atoms with Crippen LogP contribution in [0.25, 0.3) is 6.08 Å². The molecule has 16 nitrogen and oxygen atoms in total. The monoisotopic (exact) mass is 922 g/mol. The number of Topliss-reactive ketones (excluding diaryl/α,β-unsaturated/α-hetero) is 2. The maximum Gasteiger partial charge on any atom is 0.333 e. The molecule has 1 aromatic carbocycles. The van der Waals surface area contributed by atoms with Crippen molar-refractivity contribution in [2.75, 3.05) is 46.2 Å². The second-order valence-electron chi connectivity index (χ2n) is 19.3. The van der Waals surface area contributed by atoms with Crippen LogP contribution in [0.2, 0.25) is 0 Å². The molecule has 4 heterocycles. The summed E-state index contributed by atoms with van der Waals surface area (Å²) < 4.78 is 49.9. The van der Waals surface area contributed by atoms with Crippen LogP contribution in [0.5, 0.6) is 17.2 Å². The third-order valence-corrected chi connectivity index (χ3v) is 13.6.